The maximum atomic E-state index is 12.8. The van der Waals surface area contributed by atoms with Gasteiger partial charge >= 0.3 is 6.61 Å². The van der Waals surface area contributed by atoms with Gasteiger partial charge in [0.1, 0.15) is 5.75 Å². The first-order valence-corrected chi connectivity index (χ1v) is 10.9. The van der Waals surface area contributed by atoms with E-state index in [2.05, 4.69) is 30.3 Å². The Labute approximate surface area is 194 Å². The molecule has 10 nitrogen and oxygen atoms in total. The zero-order valence-electron chi connectivity index (χ0n) is 18.9. The Kier molecular flexibility index (Phi) is 7.24. The van der Waals surface area contributed by atoms with E-state index in [0.717, 1.165) is 12.8 Å². The summed E-state index contributed by atoms with van der Waals surface area (Å²) in [5.41, 5.74) is 1.29. The molecule has 1 aliphatic heterocycles. The molecule has 0 radical (unpaired) electrons. The number of carbonyl (C=O) groups is 1. The molecule has 0 atom stereocenters. The van der Waals surface area contributed by atoms with Crippen LogP contribution >= 0.6 is 0 Å². The number of alkyl halides is 2. The largest absolute Gasteiger partial charge is 0.435 e. The van der Waals surface area contributed by atoms with E-state index >= 15 is 0 Å². The topological polar surface area (TPSA) is 112 Å². The predicted molar refractivity (Wildman–Crippen MR) is 116 cm³/mol. The molecule has 180 valence electrons. The quantitative estimate of drug-likeness (QED) is 0.459. The van der Waals surface area contributed by atoms with Gasteiger partial charge in [0.05, 0.1) is 6.54 Å². The molecule has 0 unspecified atom stereocenters. The first-order chi connectivity index (χ1) is 16.4. The van der Waals surface area contributed by atoms with Gasteiger partial charge in [0.15, 0.2) is 5.82 Å². The molecule has 1 aromatic carbocycles. The van der Waals surface area contributed by atoms with Crippen LogP contribution in [0.4, 0.5) is 8.78 Å². The molecule has 1 fully saturated rings. The SMILES string of the molecule is Cc1nnn(Cc2cc(OC(F)F)ccc2/C=C/C(=O)N2CCC(Cc3nnc(C)o3)CC2)n1. The molecular weight excluding hydrogens is 448 g/mol. The zero-order valence-corrected chi connectivity index (χ0v) is 18.9. The van der Waals surface area contributed by atoms with Crippen LogP contribution in [0.2, 0.25) is 0 Å². The van der Waals surface area contributed by atoms with Crippen LogP contribution in [0.15, 0.2) is 28.7 Å². The summed E-state index contributed by atoms with van der Waals surface area (Å²) < 4.78 is 35.3. The molecule has 0 saturated carbocycles. The van der Waals surface area contributed by atoms with E-state index in [4.69, 9.17) is 4.42 Å². The van der Waals surface area contributed by atoms with E-state index in [1.807, 2.05) is 0 Å². The van der Waals surface area contributed by atoms with Crippen molar-refractivity contribution in [3.63, 3.8) is 0 Å². The van der Waals surface area contributed by atoms with Gasteiger partial charge in [-0.25, -0.2) is 0 Å². The Morgan fingerprint density at radius 1 is 1.24 bits per heavy atom. The minimum absolute atomic E-state index is 0.0174. The molecule has 0 bridgehead atoms. The van der Waals surface area contributed by atoms with Gasteiger partial charge in [-0.2, -0.15) is 13.6 Å². The number of amides is 1. The van der Waals surface area contributed by atoms with Crippen LogP contribution in [0.5, 0.6) is 5.75 Å². The maximum Gasteiger partial charge on any atom is 0.387 e. The summed E-state index contributed by atoms with van der Waals surface area (Å²) in [6.07, 6.45) is 5.58. The fourth-order valence-electron chi connectivity index (χ4n) is 3.89. The number of carbonyl (C=O) groups excluding carboxylic acids is 1. The van der Waals surface area contributed by atoms with Crippen LogP contribution in [-0.4, -0.2) is 60.9 Å². The second kappa shape index (κ2) is 10.5. The number of tetrazole rings is 1. The second-order valence-corrected chi connectivity index (χ2v) is 8.13. The van der Waals surface area contributed by atoms with Crippen molar-refractivity contribution in [2.24, 2.45) is 5.92 Å². The molecular formula is C22H25F2N7O3. The number of hydrogen-bond acceptors (Lipinski definition) is 8. The number of ether oxygens (including phenoxy) is 1. The fourth-order valence-corrected chi connectivity index (χ4v) is 3.89. The smallest absolute Gasteiger partial charge is 0.387 e. The minimum atomic E-state index is -2.94. The fraction of sp³-hybridized carbons (Fsp3) is 0.455. The van der Waals surface area contributed by atoms with Gasteiger partial charge in [0.25, 0.3) is 0 Å². The first-order valence-electron chi connectivity index (χ1n) is 10.9. The molecule has 4 rings (SSSR count). The van der Waals surface area contributed by atoms with Crippen molar-refractivity contribution < 1.29 is 22.7 Å². The molecule has 1 saturated heterocycles. The summed E-state index contributed by atoms with van der Waals surface area (Å²) in [4.78, 5) is 15.9. The van der Waals surface area contributed by atoms with Crippen molar-refractivity contribution in [2.75, 3.05) is 13.1 Å². The number of rotatable bonds is 8. The summed E-state index contributed by atoms with van der Waals surface area (Å²) >= 11 is 0. The lowest BCUT2D eigenvalue weighted by atomic mass is 9.93. The highest BCUT2D eigenvalue weighted by Crippen LogP contribution is 2.23. The average molecular weight is 473 g/mol. The van der Waals surface area contributed by atoms with E-state index in [1.165, 1.54) is 23.0 Å². The Balaban J connectivity index is 1.40. The second-order valence-electron chi connectivity index (χ2n) is 8.13. The van der Waals surface area contributed by atoms with Crippen molar-refractivity contribution in [3.05, 3.63) is 53.0 Å². The number of piperidine rings is 1. The molecule has 1 amide bonds. The van der Waals surface area contributed by atoms with E-state index in [9.17, 15) is 13.6 Å². The molecule has 12 heteroatoms. The van der Waals surface area contributed by atoms with Crippen LogP contribution in [0, 0.1) is 19.8 Å². The van der Waals surface area contributed by atoms with Gasteiger partial charge in [-0.05, 0) is 60.2 Å². The first kappa shape index (κ1) is 23.5. The molecule has 34 heavy (non-hydrogen) atoms. The summed E-state index contributed by atoms with van der Waals surface area (Å²) in [5.74, 6) is 1.97. The van der Waals surface area contributed by atoms with Crippen molar-refractivity contribution in [2.45, 2.75) is 46.3 Å². The molecule has 1 aliphatic rings. The third-order valence-electron chi connectivity index (χ3n) is 5.57. The van der Waals surface area contributed by atoms with Crippen LogP contribution in [0.3, 0.4) is 0 Å². The van der Waals surface area contributed by atoms with E-state index in [1.54, 1.807) is 30.9 Å². The van der Waals surface area contributed by atoms with Crippen molar-refractivity contribution >= 4 is 12.0 Å². The lowest BCUT2D eigenvalue weighted by Gasteiger charge is -2.30. The molecule has 3 aromatic rings. The van der Waals surface area contributed by atoms with Crippen LogP contribution in [0.25, 0.3) is 6.08 Å². The third kappa shape index (κ3) is 6.21. The van der Waals surface area contributed by atoms with Crippen LogP contribution < -0.4 is 4.74 Å². The van der Waals surface area contributed by atoms with Gasteiger partial charge < -0.3 is 14.1 Å². The lowest BCUT2D eigenvalue weighted by Crippen LogP contribution is -2.38. The highest BCUT2D eigenvalue weighted by atomic mass is 19.3. The predicted octanol–water partition coefficient (Wildman–Crippen LogP) is 2.82. The van der Waals surface area contributed by atoms with Crippen molar-refractivity contribution in [1.82, 2.24) is 35.3 Å². The molecule has 0 N–H and O–H groups in total. The lowest BCUT2D eigenvalue weighted by molar-refractivity contribution is -0.127. The van der Waals surface area contributed by atoms with E-state index in [-0.39, 0.29) is 18.2 Å². The normalized spacial score (nSPS) is 14.9. The standard InChI is InChI=1S/C22H25F2N7O3/c1-14-25-29-31(28-14)13-18-12-19(34-22(23)24)5-3-17(18)4-6-21(32)30-9-7-16(8-10-30)11-20-27-26-15(2)33-20/h3-6,12,16,22H,7-11,13H2,1-2H3/b6-4+. The van der Waals surface area contributed by atoms with Crippen LogP contribution in [0.1, 0.15) is 41.6 Å². The average Bonchev–Trinajstić information content (AvgIpc) is 3.40. The molecule has 0 aliphatic carbocycles. The number of likely N-dealkylation sites (tertiary alicyclic amines) is 1. The van der Waals surface area contributed by atoms with E-state index in [0.29, 0.717) is 54.2 Å². The van der Waals surface area contributed by atoms with Crippen molar-refractivity contribution in [3.8, 4) is 5.75 Å². The number of aryl methyl sites for hydroxylation is 2. The van der Waals surface area contributed by atoms with Gasteiger partial charge in [-0.1, -0.05) is 6.07 Å². The summed E-state index contributed by atoms with van der Waals surface area (Å²) in [6, 6.07) is 4.55. The number of nitrogens with zero attached hydrogens (tertiary/aromatic N) is 7. The Morgan fingerprint density at radius 3 is 2.68 bits per heavy atom. The number of halogens is 2. The number of benzene rings is 1. The summed E-state index contributed by atoms with van der Waals surface area (Å²) in [6.45, 7) is 1.99. The number of hydrogen-bond donors (Lipinski definition) is 0. The van der Waals surface area contributed by atoms with Crippen molar-refractivity contribution in [1.29, 1.82) is 0 Å². The monoisotopic (exact) mass is 473 g/mol. The molecule has 0 spiro atoms. The van der Waals surface area contributed by atoms with Gasteiger partial charge in [0.2, 0.25) is 17.7 Å². The van der Waals surface area contributed by atoms with Gasteiger partial charge in [-0.15, -0.1) is 20.4 Å². The highest BCUT2D eigenvalue weighted by Gasteiger charge is 2.23. The van der Waals surface area contributed by atoms with Crippen LogP contribution in [-0.2, 0) is 17.8 Å². The Morgan fingerprint density at radius 2 is 2.03 bits per heavy atom. The third-order valence-corrected chi connectivity index (χ3v) is 5.57. The molecule has 2 aromatic heterocycles. The highest BCUT2D eigenvalue weighted by molar-refractivity contribution is 5.92. The van der Waals surface area contributed by atoms with E-state index < -0.39 is 6.61 Å². The minimum Gasteiger partial charge on any atom is -0.435 e. The number of aromatic nitrogens is 6. The zero-order chi connectivity index (χ0) is 24.1. The summed E-state index contributed by atoms with van der Waals surface area (Å²) in [5, 5.41) is 19.8. The Hall–Kier alpha value is -3.70. The Bertz CT molecular complexity index is 1150. The maximum absolute atomic E-state index is 12.8. The molecule has 3 heterocycles. The van der Waals surface area contributed by atoms with Gasteiger partial charge in [0, 0.05) is 32.5 Å². The van der Waals surface area contributed by atoms with Gasteiger partial charge in [-0.3, -0.25) is 4.79 Å². The summed E-state index contributed by atoms with van der Waals surface area (Å²) in [7, 11) is 0.